The minimum atomic E-state index is -0.551. The fraction of sp³-hybridized carbons (Fsp3) is 0.222. The van der Waals surface area contributed by atoms with Crippen LogP contribution in [-0.4, -0.2) is 17.6 Å². The van der Waals surface area contributed by atoms with E-state index in [1.54, 1.807) is 36.0 Å². The highest BCUT2D eigenvalue weighted by atomic mass is 32.2. The summed E-state index contributed by atoms with van der Waals surface area (Å²) in [6.07, 6.45) is 0.366. The molecule has 0 heterocycles. The number of benzene rings is 2. The number of amides is 2. The minimum absolute atomic E-state index is 0.130. The van der Waals surface area contributed by atoms with Crippen molar-refractivity contribution in [2.24, 2.45) is 5.73 Å². The molecule has 0 bridgehead atoms. The first-order valence-electron chi connectivity index (χ1n) is 7.36. The van der Waals surface area contributed by atoms with Crippen molar-refractivity contribution < 1.29 is 9.59 Å². The van der Waals surface area contributed by atoms with Crippen molar-refractivity contribution in [1.82, 2.24) is 0 Å². The number of anilines is 1. The molecular formula is C18H20N2O2S. The van der Waals surface area contributed by atoms with Crippen LogP contribution in [0.2, 0.25) is 0 Å². The number of para-hydroxylation sites is 1. The predicted octanol–water partition coefficient (Wildman–Crippen LogP) is 3.52. The van der Waals surface area contributed by atoms with Crippen molar-refractivity contribution in [1.29, 1.82) is 0 Å². The molecule has 2 aromatic carbocycles. The van der Waals surface area contributed by atoms with Crippen molar-refractivity contribution in [2.75, 3.05) is 11.1 Å². The van der Waals surface area contributed by atoms with Crippen LogP contribution in [0.3, 0.4) is 0 Å². The Kier molecular flexibility index (Phi) is 5.82. The molecule has 2 aromatic rings. The van der Waals surface area contributed by atoms with E-state index in [2.05, 4.69) is 37.4 Å². The molecule has 0 unspecified atom stereocenters. The van der Waals surface area contributed by atoms with E-state index in [0.717, 1.165) is 4.90 Å². The molecule has 23 heavy (non-hydrogen) atoms. The van der Waals surface area contributed by atoms with Gasteiger partial charge in [0.25, 0.3) is 5.91 Å². The quantitative estimate of drug-likeness (QED) is 0.797. The molecule has 2 amide bonds. The zero-order chi connectivity index (χ0) is 16.8. The molecule has 0 aliphatic heterocycles. The molecule has 0 radical (unpaired) electrons. The van der Waals surface area contributed by atoms with Crippen LogP contribution in [-0.2, 0) is 4.79 Å². The van der Waals surface area contributed by atoms with E-state index < -0.39 is 5.91 Å². The standard InChI is InChI=1S/C18H20N2O2S/c1-12-7-8-14(11-13(12)2)23-10-9-17(21)20-16-6-4-3-5-15(16)18(19)22/h3-8,11H,9-10H2,1-2H3,(H2,19,22)(H,20,21). The number of thioether (sulfide) groups is 1. The maximum Gasteiger partial charge on any atom is 0.250 e. The first kappa shape index (κ1) is 17.1. The monoisotopic (exact) mass is 328 g/mol. The molecule has 0 saturated carbocycles. The van der Waals surface area contributed by atoms with Crippen LogP contribution in [0.4, 0.5) is 5.69 Å². The van der Waals surface area contributed by atoms with Gasteiger partial charge in [0.05, 0.1) is 11.3 Å². The van der Waals surface area contributed by atoms with E-state index in [1.807, 2.05) is 0 Å². The molecule has 4 nitrogen and oxygen atoms in total. The average Bonchev–Trinajstić information content (AvgIpc) is 2.51. The Labute approximate surface area is 140 Å². The molecule has 0 spiro atoms. The number of nitrogens with two attached hydrogens (primary N) is 1. The summed E-state index contributed by atoms with van der Waals surface area (Å²) in [5.74, 6) is -0.00647. The van der Waals surface area contributed by atoms with Gasteiger partial charge in [0.1, 0.15) is 0 Å². The lowest BCUT2D eigenvalue weighted by molar-refractivity contribution is -0.115. The maximum atomic E-state index is 12.0. The molecule has 0 atom stereocenters. The summed E-state index contributed by atoms with van der Waals surface area (Å²) in [5.41, 5.74) is 8.58. The fourth-order valence-electron chi connectivity index (χ4n) is 2.08. The lowest BCUT2D eigenvalue weighted by Gasteiger charge is -2.09. The molecule has 5 heteroatoms. The van der Waals surface area contributed by atoms with Crippen LogP contribution >= 0.6 is 11.8 Å². The number of aryl methyl sites for hydroxylation is 2. The zero-order valence-corrected chi connectivity index (χ0v) is 14.1. The number of hydrogen-bond acceptors (Lipinski definition) is 3. The lowest BCUT2D eigenvalue weighted by atomic mass is 10.1. The molecule has 0 fully saturated rings. The topological polar surface area (TPSA) is 72.2 Å². The predicted molar refractivity (Wildman–Crippen MR) is 94.8 cm³/mol. The Morgan fingerprint density at radius 3 is 2.52 bits per heavy atom. The van der Waals surface area contributed by atoms with E-state index in [9.17, 15) is 9.59 Å². The zero-order valence-electron chi connectivity index (χ0n) is 13.3. The van der Waals surface area contributed by atoms with Gasteiger partial charge < -0.3 is 11.1 Å². The summed E-state index contributed by atoms with van der Waals surface area (Å²) in [6.45, 7) is 4.15. The Balaban J connectivity index is 1.88. The third-order valence-electron chi connectivity index (χ3n) is 3.54. The summed E-state index contributed by atoms with van der Waals surface area (Å²) in [5, 5.41) is 2.75. The Bertz CT molecular complexity index is 729. The third-order valence-corrected chi connectivity index (χ3v) is 4.54. The number of primary amides is 1. The van der Waals surface area contributed by atoms with Crippen LogP contribution in [0, 0.1) is 13.8 Å². The summed E-state index contributed by atoms with van der Waals surface area (Å²) in [6, 6.07) is 13.0. The van der Waals surface area contributed by atoms with Gasteiger partial charge in [0.15, 0.2) is 0 Å². The number of hydrogen-bond donors (Lipinski definition) is 2. The summed E-state index contributed by atoms with van der Waals surface area (Å²) < 4.78 is 0. The van der Waals surface area contributed by atoms with Crippen molar-refractivity contribution >= 4 is 29.3 Å². The second-order valence-corrected chi connectivity index (χ2v) is 6.47. The second kappa shape index (κ2) is 7.83. The number of carbonyl (C=O) groups excluding carboxylic acids is 2. The van der Waals surface area contributed by atoms with Crippen LogP contribution in [0.1, 0.15) is 27.9 Å². The average molecular weight is 328 g/mol. The van der Waals surface area contributed by atoms with Crippen molar-refractivity contribution in [2.45, 2.75) is 25.2 Å². The highest BCUT2D eigenvalue weighted by Crippen LogP contribution is 2.22. The Hall–Kier alpha value is -2.27. The van der Waals surface area contributed by atoms with Gasteiger partial charge in [-0.05, 0) is 49.2 Å². The second-order valence-electron chi connectivity index (χ2n) is 5.30. The first-order chi connectivity index (χ1) is 11.0. The van der Waals surface area contributed by atoms with E-state index in [-0.39, 0.29) is 5.91 Å². The number of nitrogens with one attached hydrogen (secondary N) is 1. The Morgan fingerprint density at radius 1 is 1.09 bits per heavy atom. The fourth-order valence-corrected chi connectivity index (χ4v) is 3.03. The van der Waals surface area contributed by atoms with Gasteiger partial charge >= 0.3 is 0 Å². The van der Waals surface area contributed by atoms with Crippen molar-refractivity contribution in [3.8, 4) is 0 Å². The highest BCUT2D eigenvalue weighted by Gasteiger charge is 2.10. The molecule has 0 aliphatic carbocycles. The minimum Gasteiger partial charge on any atom is -0.366 e. The van der Waals surface area contributed by atoms with E-state index in [1.165, 1.54) is 11.1 Å². The van der Waals surface area contributed by atoms with Gasteiger partial charge in [0.2, 0.25) is 5.91 Å². The van der Waals surface area contributed by atoms with Gasteiger partial charge in [-0.2, -0.15) is 0 Å². The van der Waals surface area contributed by atoms with Crippen LogP contribution < -0.4 is 11.1 Å². The molecule has 2 rings (SSSR count). The van der Waals surface area contributed by atoms with E-state index in [0.29, 0.717) is 23.4 Å². The first-order valence-corrected chi connectivity index (χ1v) is 8.34. The van der Waals surface area contributed by atoms with Crippen LogP contribution in [0.5, 0.6) is 0 Å². The third kappa shape index (κ3) is 4.86. The summed E-state index contributed by atoms with van der Waals surface area (Å²) in [4.78, 5) is 24.5. The highest BCUT2D eigenvalue weighted by molar-refractivity contribution is 7.99. The molecular weight excluding hydrogens is 308 g/mol. The van der Waals surface area contributed by atoms with Gasteiger partial charge in [0, 0.05) is 17.1 Å². The van der Waals surface area contributed by atoms with Crippen LogP contribution in [0.15, 0.2) is 47.4 Å². The Morgan fingerprint density at radius 2 is 1.83 bits per heavy atom. The van der Waals surface area contributed by atoms with E-state index >= 15 is 0 Å². The van der Waals surface area contributed by atoms with Gasteiger partial charge in [-0.1, -0.05) is 18.2 Å². The van der Waals surface area contributed by atoms with Gasteiger partial charge in [-0.25, -0.2) is 0 Å². The molecule has 0 saturated heterocycles. The molecule has 0 aromatic heterocycles. The molecule has 3 N–H and O–H groups in total. The molecule has 120 valence electrons. The number of carbonyl (C=O) groups is 2. The summed E-state index contributed by atoms with van der Waals surface area (Å²) in [7, 11) is 0. The van der Waals surface area contributed by atoms with E-state index in [4.69, 9.17) is 5.73 Å². The van der Waals surface area contributed by atoms with Gasteiger partial charge in [-0.15, -0.1) is 11.8 Å². The lowest BCUT2D eigenvalue weighted by Crippen LogP contribution is -2.18. The van der Waals surface area contributed by atoms with Crippen molar-refractivity contribution in [3.05, 3.63) is 59.2 Å². The summed E-state index contributed by atoms with van der Waals surface area (Å²) >= 11 is 1.64. The van der Waals surface area contributed by atoms with Crippen molar-refractivity contribution in [3.63, 3.8) is 0 Å². The largest absolute Gasteiger partial charge is 0.366 e. The maximum absolute atomic E-state index is 12.0. The van der Waals surface area contributed by atoms with Crippen LogP contribution in [0.25, 0.3) is 0 Å². The smallest absolute Gasteiger partial charge is 0.250 e. The number of rotatable bonds is 6. The normalized spacial score (nSPS) is 10.3. The molecule has 0 aliphatic rings. The van der Waals surface area contributed by atoms with Gasteiger partial charge in [-0.3, -0.25) is 9.59 Å². The SMILES string of the molecule is Cc1ccc(SCCC(=O)Nc2ccccc2C(N)=O)cc1C.